The van der Waals surface area contributed by atoms with E-state index >= 15 is 0 Å². The summed E-state index contributed by atoms with van der Waals surface area (Å²) in [4.78, 5) is 21.2. The van der Waals surface area contributed by atoms with Crippen LogP contribution in [0.4, 0.5) is 11.4 Å². The molecule has 16 heavy (non-hydrogen) atoms. The monoisotopic (exact) mass is 220 g/mol. The fourth-order valence-corrected chi connectivity index (χ4v) is 2.02. The maximum absolute atomic E-state index is 10.9. The Labute approximate surface area is 92.6 Å². The molecule has 0 aliphatic carbocycles. The Morgan fingerprint density at radius 1 is 1.50 bits per heavy atom. The van der Waals surface area contributed by atoms with Gasteiger partial charge in [-0.15, -0.1) is 0 Å². The third-order valence-corrected chi connectivity index (χ3v) is 3.13. The number of non-ortho nitro benzene ring substituents is 1. The number of hydrogen-bond acceptors (Lipinski definition) is 4. The smallest absolute Gasteiger partial charge is 0.269 e. The molecule has 2 rings (SSSR count). The van der Waals surface area contributed by atoms with E-state index in [1.54, 1.807) is 6.07 Å². The molecule has 1 unspecified atom stereocenters. The number of carbonyl (C=O) groups excluding carboxylic acids is 1. The molecule has 0 bridgehead atoms. The minimum Gasteiger partial charge on any atom is -0.375 e. The van der Waals surface area contributed by atoms with Crippen LogP contribution in [0.5, 0.6) is 0 Å². The van der Waals surface area contributed by atoms with E-state index in [-0.39, 0.29) is 11.7 Å². The zero-order chi connectivity index (χ0) is 11.9. The second-order valence-electron chi connectivity index (χ2n) is 4.47. The minimum atomic E-state index is -0.426. The summed E-state index contributed by atoms with van der Waals surface area (Å²) in [7, 11) is 0. The lowest BCUT2D eigenvalue weighted by atomic mass is 9.81. The minimum absolute atomic E-state index is 0.0557. The molecular formula is C11H12N2O3. The van der Waals surface area contributed by atoms with E-state index in [1.807, 2.05) is 13.8 Å². The summed E-state index contributed by atoms with van der Waals surface area (Å²) >= 11 is 0. The molecule has 0 amide bonds. The highest BCUT2D eigenvalue weighted by molar-refractivity contribution is 5.76. The van der Waals surface area contributed by atoms with E-state index < -0.39 is 10.3 Å². The summed E-state index contributed by atoms with van der Waals surface area (Å²) in [5.74, 6) is 0. The van der Waals surface area contributed by atoms with Gasteiger partial charge in [-0.05, 0) is 11.6 Å². The van der Waals surface area contributed by atoms with E-state index in [0.29, 0.717) is 0 Å². The third kappa shape index (κ3) is 1.36. The molecule has 1 aliphatic rings. The fraction of sp³-hybridized carbons (Fsp3) is 0.364. The summed E-state index contributed by atoms with van der Waals surface area (Å²) < 4.78 is 0. The lowest BCUT2D eigenvalue weighted by molar-refractivity contribution is -0.384. The second kappa shape index (κ2) is 3.30. The quantitative estimate of drug-likeness (QED) is 0.469. The number of carbonyl (C=O) groups is 1. The standard InChI is InChI=1S/C11H12N2O3/c1-11(2)8-5-7(13(15)16)3-4-9(8)12-10(11)6-14/h3-6,10,12H,1-2H3. The molecule has 1 aromatic carbocycles. The Bertz CT molecular complexity index is 468. The lowest BCUT2D eigenvalue weighted by Crippen LogP contribution is -2.34. The average molecular weight is 220 g/mol. The van der Waals surface area contributed by atoms with Crippen LogP contribution in [0.1, 0.15) is 19.4 Å². The van der Waals surface area contributed by atoms with Crippen LogP contribution in [0.3, 0.4) is 0 Å². The van der Waals surface area contributed by atoms with Crippen LogP contribution in [0.15, 0.2) is 18.2 Å². The molecule has 1 atom stereocenters. The van der Waals surface area contributed by atoms with Crippen molar-refractivity contribution in [2.45, 2.75) is 25.3 Å². The molecule has 0 aromatic heterocycles. The van der Waals surface area contributed by atoms with Gasteiger partial charge in [0.05, 0.1) is 11.0 Å². The highest BCUT2D eigenvalue weighted by Gasteiger charge is 2.39. The average Bonchev–Trinajstić information content (AvgIpc) is 2.49. The van der Waals surface area contributed by atoms with Crippen molar-refractivity contribution < 1.29 is 9.72 Å². The van der Waals surface area contributed by atoms with Gasteiger partial charge in [-0.3, -0.25) is 10.1 Å². The first-order valence-corrected chi connectivity index (χ1v) is 4.97. The van der Waals surface area contributed by atoms with Gasteiger partial charge in [0.25, 0.3) is 5.69 Å². The molecular weight excluding hydrogens is 208 g/mol. The normalized spacial score (nSPS) is 21.0. The highest BCUT2D eigenvalue weighted by atomic mass is 16.6. The van der Waals surface area contributed by atoms with Crippen molar-refractivity contribution in [1.29, 1.82) is 0 Å². The topological polar surface area (TPSA) is 72.2 Å². The molecule has 0 spiro atoms. The fourth-order valence-electron chi connectivity index (χ4n) is 2.02. The molecule has 0 radical (unpaired) electrons. The Morgan fingerprint density at radius 3 is 2.75 bits per heavy atom. The maximum atomic E-state index is 10.9. The lowest BCUT2D eigenvalue weighted by Gasteiger charge is -2.22. The van der Waals surface area contributed by atoms with E-state index in [2.05, 4.69) is 5.32 Å². The largest absolute Gasteiger partial charge is 0.375 e. The molecule has 1 N–H and O–H groups in total. The zero-order valence-corrected chi connectivity index (χ0v) is 9.06. The van der Waals surface area contributed by atoms with Crippen LogP contribution >= 0.6 is 0 Å². The van der Waals surface area contributed by atoms with Crippen molar-refractivity contribution in [3.05, 3.63) is 33.9 Å². The molecule has 1 heterocycles. The van der Waals surface area contributed by atoms with Crippen LogP contribution in [-0.4, -0.2) is 17.3 Å². The summed E-state index contributed by atoms with van der Waals surface area (Å²) in [6, 6.07) is 4.30. The van der Waals surface area contributed by atoms with E-state index in [9.17, 15) is 14.9 Å². The number of aldehydes is 1. The molecule has 0 saturated carbocycles. The van der Waals surface area contributed by atoms with Crippen molar-refractivity contribution in [2.24, 2.45) is 0 Å². The first-order valence-electron chi connectivity index (χ1n) is 4.97. The number of nitrogens with one attached hydrogen (secondary N) is 1. The van der Waals surface area contributed by atoms with Crippen LogP contribution in [-0.2, 0) is 10.2 Å². The molecule has 84 valence electrons. The van der Waals surface area contributed by atoms with Crippen LogP contribution in [0.25, 0.3) is 0 Å². The Kier molecular flexibility index (Phi) is 2.18. The van der Waals surface area contributed by atoms with Crippen LogP contribution < -0.4 is 5.32 Å². The Morgan fingerprint density at radius 2 is 2.19 bits per heavy atom. The third-order valence-electron chi connectivity index (χ3n) is 3.13. The van der Waals surface area contributed by atoms with E-state index in [0.717, 1.165) is 17.5 Å². The molecule has 1 aliphatic heterocycles. The van der Waals surface area contributed by atoms with Crippen molar-refractivity contribution >= 4 is 17.7 Å². The number of rotatable bonds is 2. The van der Waals surface area contributed by atoms with Gasteiger partial charge in [0.2, 0.25) is 0 Å². The van der Waals surface area contributed by atoms with Gasteiger partial charge in [0.15, 0.2) is 0 Å². The first-order chi connectivity index (χ1) is 7.46. The van der Waals surface area contributed by atoms with E-state index in [1.165, 1.54) is 12.1 Å². The number of fused-ring (bicyclic) bond motifs is 1. The first kappa shape index (κ1) is 10.6. The van der Waals surface area contributed by atoms with Gasteiger partial charge >= 0.3 is 0 Å². The number of nitro groups is 1. The van der Waals surface area contributed by atoms with Crippen molar-refractivity contribution in [2.75, 3.05) is 5.32 Å². The van der Waals surface area contributed by atoms with Gasteiger partial charge in [-0.2, -0.15) is 0 Å². The zero-order valence-electron chi connectivity index (χ0n) is 9.06. The summed E-state index contributed by atoms with van der Waals surface area (Å²) in [6.45, 7) is 3.79. The van der Waals surface area contributed by atoms with Gasteiger partial charge in [-0.25, -0.2) is 0 Å². The van der Waals surface area contributed by atoms with Crippen LogP contribution in [0, 0.1) is 10.1 Å². The predicted molar refractivity (Wildman–Crippen MR) is 59.6 cm³/mol. The molecule has 5 nitrogen and oxygen atoms in total. The van der Waals surface area contributed by atoms with Crippen molar-refractivity contribution in [3.8, 4) is 0 Å². The molecule has 0 saturated heterocycles. The van der Waals surface area contributed by atoms with Gasteiger partial charge in [0, 0.05) is 23.2 Å². The van der Waals surface area contributed by atoms with Crippen molar-refractivity contribution in [1.82, 2.24) is 0 Å². The number of anilines is 1. The van der Waals surface area contributed by atoms with Crippen molar-refractivity contribution in [3.63, 3.8) is 0 Å². The summed E-state index contributed by atoms with van der Waals surface area (Å²) in [5, 5.41) is 13.7. The Hall–Kier alpha value is -1.91. The van der Waals surface area contributed by atoms with E-state index in [4.69, 9.17) is 0 Å². The Balaban J connectivity index is 2.54. The SMILES string of the molecule is CC1(C)c2cc([N+](=O)[O-])ccc2NC1C=O. The van der Waals surface area contributed by atoms with Gasteiger partial charge in [-0.1, -0.05) is 13.8 Å². The molecule has 1 aromatic rings. The number of nitro benzene ring substituents is 1. The van der Waals surface area contributed by atoms with Gasteiger partial charge < -0.3 is 10.1 Å². The van der Waals surface area contributed by atoms with Crippen LogP contribution in [0.2, 0.25) is 0 Å². The van der Waals surface area contributed by atoms with Gasteiger partial charge in [0.1, 0.15) is 6.29 Å². The second-order valence-corrected chi connectivity index (χ2v) is 4.47. The number of benzene rings is 1. The summed E-state index contributed by atoms with van der Waals surface area (Å²) in [5.41, 5.74) is 1.26. The predicted octanol–water partition coefficient (Wildman–Crippen LogP) is 1.87. The molecule has 5 heteroatoms. The highest BCUT2D eigenvalue weighted by Crippen LogP contribution is 2.41. The summed E-state index contributed by atoms with van der Waals surface area (Å²) in [6.07, 6.45) is 0.839. The maximum Gasteiger partial charge on any atom is 0.269 e. The number of hydrogen-bond donors (Lipinski definition) is 1. The molecule has 0 fully saturated rings. The number of nitrogens with zero attached hydrogens (tertiary/aromatic N) is 1.